The standard InChI is InChI=1S/C7H11O3P/c1-11(2,9)7-4-3-6(5-8)10-7/h3-4,8H,5H2,1-2H3. The monoisotopic (exact) mass is 174 g/mol. The Morgan fingerprint density at radius 3 is 2.45 bits per heavy atom. The molecule has 0 aliphatic carbocycles. The second-order valence-corrected chi connectivity index (χ2v) is 5.89. The number of furan rings is 1. The highest BCUT2D eigenvalue weighted by Crippen LogP contribution is 2.34. The van der Waals surface area contributed by atoms with Crippen molar-refractivity contribution >= 4 is 12.6 Å². The largest absolute Gasteiger partial charge is 0.456 e. The van der Waals surface area contributed by atoms with Gasteiger partial charge in [-0.2, -0.15) is 0 Å². The Balaban J connectivity index is 2.99. The Morgan fingerprint density at radius 1 is 1.55 bits per heavy atom. The number of aliphatic hydroxyl groups is 1. The lowest BCUT2D eigenvalue weighted by molar-refractivity contribution is 0.250. The fourth-order valence-electron chi connectivity index (χ4n) is 0.741. The maximum absolute atomic E-state index is 11.4. The molecule has 0 bridgehead atoms. The van der Waals surface area contributed by atoms with Gasteiger partial charge in [-0.15, -0.1) is 0 Å². The molecule has 0 aliphatic rings. The summed E-state index contributed by atoms with van der Waals surface area (Å²) in [6.07, 6.45) is 0. The number of hydrogen-bond acceptors (Lipinski definition) is 3. The summed E-state index contributed by atoms with van der Waals surface area (Å²) < 4.78 is 16.5. The van der Waals surface area contributed by atoms with Crippen LogP contribution in [0.3, 0.4) is 0 Å². The van der Waals surface area contributed by atoms with Crippen molar-refractivity contribution in [2.24, 2.45) is 0 Å². The van der Waals surface area contributed by atoms with Gasteiger partial charge in [0.15, 0.2) is 5.50 Å². The van der Waals surface area contributed by atoms with Crippen LogP contribution < -0.4 is 5.50 Å². The maximum atomic E-state index is 11.4. The minimum atomic E-state index is -2.29. The van der Waals surface area contributed by atoms with Gasteiger partial charge in [0.2, 0.25) is 0 Å². The Hall–Kier alpha value is -0.530. The Kier molecular flexibility index (Phi) is 2.21. The fraction of sp³-hybridized carbons (Fsp3) is 0.429. The first-order valence-corrected chi connectivity index (χ1v) is 5.89. The topological polar surface area (TPSA) is 50.4 Å². The van der Waals surface area contributed by atoms with Gasteiger partial charge in [0.1, 0.15) is 19.5 Å². The molecule has 4 heteroatoms. The van der Waals surface area contributed by atoms with Crippen LogP contribution in [-0.2, 0) is 11.2 Å². The van der Waals surface area contributed by atoms with Crippen molar-refractivity contribution in [3.63, 3.8) is 0 Å². The molecule has 1 aromatic rings. The van der Waals surface area contributed by atoms with E-state index in [-0.39, 0.29) is 6.61 Å². The van der Waals surface area contributed by atoms with Gasteiger partial charge in [-0.3, -0.25) is 0 Å². The molecule has 0 unspecified atom stereocenters. The highest BCUT2D eigenvalue weighted by Gasteiger charge is 2.15. The van der Waals surface area contributed by atoms with Crippen molar-refractivity contribution < 1.29 is 14.1 Å². The van der Waals surface area contributed by atoms with Gasteiger partial charge in [-0.25, -0.2) is 0 Å². The Morgan fingerprint density at radius 2 is 2.18 bits per heavy atom. The first-order chi connectivity index (χ1) is 5.04. The van der Waals surface area contributed by atoms with E-state index in [1.54, 1.807) is 25.5 Å². The van der Waals surface area contributed by atoms with E-state index < -0.39 is 7.14 Å². The van der Waals surface area contributed by atoms with Gasteiger partial charge < -0.3 is 14.1 Å². The molecule has 0 aliphatic heterocycles. The molecular formula is C7H11O3P. The van der Waals surface area contributed by atoms with E-state index in [1.165, 1.54) is 0 Å². The summed E-state index contributed by atoms with van der Waals surface area (Å²) in [5, 5.41) is 8.63. The van der Waals surface area contributed by atoms with Crippen LogP contribution in [0.4, 0.5) is 0 Å². The quantitative estimate of drug-likeness (QED) is 0.681. The second-order valence-electron chi connectivity index (χ2n) is 2.75. The third-order valence-corrected chi connectivity index (χ3v) is 2.64. The highest BCUT2D eigenvalue weighted by atomic mass is 31.2. The van der Waals surface area contributed by atoms with Crippen LogP contribution in [0.2, 0.25) is 0 Å². The van der Waals surface area contributed by atoms with Gasteiger partial charge in [0, 0.05) is 0 Å². The van der Waals surface area contributed by atoms with E-state index in [1.807, 2.05) is 0 Å². The van der Waals surface area contributed by atoms with Gasteiger partial charge in [-0.1, -0.05) is 0 Å². The zero-order valence-electron chi connectivity index (χ0n) is 6.57. The fourth-order valence-corrected chi connectivity index (χ4v) is 1.51. The van der Waals surface area contributed by atoms with Gasteiger partial charge in [-0.05, 0) is 25.5 Å². The minimum absolute atomic E-state index is 0.139. The molecule has 11 heavy (non-hydrogen) atoms. The van der Waals surface area contributed by atoms with Gasteiger partial charge in [0.05, 0.1) is 0 Å². The van der Waals surface area contributed by atoms with Gasteiger partial charge >= 0.3 is 0 Å². The molecule has 0 radical (unpaired) electrons. The lowest BCUT2D eigenvalue weighted by atomic mass is 10.5. The van der Waals surface area contributed by atoms with Gasteiger partial charge in [0.25, 0.3) is 0 Å². The van der Waals surface area contributed by atoms with Crippen LogP contribution in [-0.4, -0.2) is 18.4 Å². The van der Waals surface area contributed by atoms with Crippen LogP contribution >= 0.6 is 7.14 Å². The molecule has 0 aromatic carbocycles. The summed E-state index contributed by atoms with van der Waals surface area (Å²) in [7, 11) is -2.29. The van der Waals surface area contributed by atoms with E-state index in [0.29, 0.717) is 11.3 Å². The zero-order valence-corrected chi connectivity index (χ0v) is 7.47. The lowest BCUT2D eigenvalue weighted by Gasteiger charge is -1.99. The van der Waals surface area contributed by atoms with Crippen molar-refractivity contribution in [3.05, 3.63) is 17.9 Å². The predicted octanol–water partition coefficient (Wildman–Crippen LogP) is 1.02. The summed E-state index contributed by atoms with van der Waals surface area (Å²) in [4.78, 5) is 0. The molecule has 0 fully saturated rings. The Labute approximate surface area is 65.4 Å². The average molecular weight is 174 g/mol. The third kappa shape index (κ3) is 1.95. The van der Waals surface area contributed by atoms with Crippen molar-refractivity contribution in [1.82, 2.24) is 0 Å². The number of hydrogen-bond donors (Lipinski definition) is 1. The van der Waals surface area contributed by atoms with Crippen molar-refractivity contribution in [2.75, 3.05) is 13.3 Å². The maximum Gasteiger partial charge on any atom is 0.162 e. The van der Waals surface area contributed by atoms with E-state index in [2.05, 4.69) is 0 Å². The van der Waals surface area contributed by atoms with E-state index in [4.69, 9.17) is 9.52 Å². The summed E-state index contributed by atoms with van der Waals surface area (Å²) in [6.45, 7) is 3.12. The number of rotatable bonds is 2. The summed E-state index contributed by atoms with van der Waals surface area (Å²) in [6, 6.07) is 3.28. The molecule has 0 saturated carbocycles. The van der Waals surface area contributed by atoms with Crippen molar-refractivity contribution in [3.8, 4) is 0 Å². The summed E-state index contributed by atoms with van der Waals surface area (Å²) in [5.41, 5.74) is 0.474. The normalized spacial score (nSPS) is 11.9. The summed E-state index contributed by atoms with van der Waals surface area (Å²) >= 11 is 0. The zero-order chi connectivity index (χ0) is 8.48. The molecule has 1 heterocycles. The summed E-state index contributed by atoms with van der Waals surface area (Å²) in [5.74, 6) is 0.462. The number of aliphatic hydroxyl groups excluding tert-OH is 1. The molecule has 0 saturated heterocycles. The average Bonchev–Trinajstić information content (AvgIpc) is 2.32. The first kappa shape index (κ1) is 8.57. The first-order valence-electron chi connectivity index (χ1n) is 3.29. The van der Waals surface area contributed by atoms with E-state index in [9.17, 15) is 4.57 Å². The van der Waals surface area contributed by atoms with Crippen LogP contribution in [0.1, 0.15) is 5.76 Å². The van der Waals surface area contributed by atoms with Crippen molar-refractivity contribution in [2.45, 2.75) is 6.61 Å². The Bertz CT molecular complexity index is 284. The lowest BCUT2D eigenvalue weighted by Crippen LogP contribution is -1.97. The van der Waals surface area contributed by atoms with Crippen LogP contribution in [0.25, 0.3) is 0 Å². The van der Waals surface area contributed by atoms with Crippen LogP contribution in [0.5, 0.6) is 0 Å². The molecule has 0 atom stereocenters. The highest BCUT2D eigenvalue weighted by molar-refractivity contribution is 7.69. The minimum Gasteiger partial charge on any atom is -0.456 e. The molecule has 3 nitrogen and oxygen atoms in total. The van der Waals surface area contributed by atoms with Crippen LogP contribution in [0.15, 0.2) is 16.5 Å². The third-order valence-electron chi connectivity index (χ3n) is 1.33. The van der Waals surface area contributed by atoms with Crippen LogP contribution in [0, 0.1) is 0 Å². The molecule has 0 amide bonds. The predicted molar refractivity (Wildman–Crippen MR) is 43.7 cm³/mol. The van der Waals surface area contributed by atoms with Crippen molar-refractivity contribution in [1.29, 1.82) is 0 Å². The smallest absolute Gasteiger partial charge is 0.162 e. The SMILES string of the molecule is CP(C)(=O)c1ccc(CO)o1. The van der Waals surface area contributed by atoms with E-state index in [0.717, 1.165) is 0 Å². The molecule has 62 valence electrons. The molecule has 1 rings (SSSR count). The van der Waals surface area contributed by atoms with E-state index >= 15 is 0 Å². The molecule has 1 aromatic heterocycles. The second kappa shape index (κ2) is 2.84. The molecule has 1 N–H and O–H groups in total. The molecular weight excluding hydrogens is 163 g/mol. The molecule has 0 spiro atoms.